The Labute approximate surface area is 119 Å². The molecule has 1 N–H and O–H groups in total. The van der Waals surface area contributed by atoms with Gasteiger partial charge in [-0.2, -0.15) is 0 Å². The standard InChI is InChI=1S/C15H21N5/c1-19(2)13-5-7-14(8-6-13)20-11-17-18-15(20)12-4-3-9-16-10-12/h5-8,11-12,16H,3-4,9-10H2,1-2H3. The van der Waals surface area contributed by atoms with Gasteiger partial charge in [-0.05, 0) is 43.7 Å². The van der Waals surface area contributed by atoms with Gasteiger partial charge in [-0.15, -0.1) is 10.2 Å². The average Bonchev–Trinajstić information content (AvgIpc) is 2.97. The molecule has 3 rings (SSSR count). The number of anilines is 1. The van der Waals surface area contributed by atoms with Gasteiger partial charge in [0.15, 0.2) is 0 Å². The summed E-state index contributed by atoms with van der Waals surface area (Å²) in [6.07, 6.45) is 4.20. The van der Waals surface area contributed by atoms with E-state index in [1.807, 2.05) is 20.4 Å². The van der Waals surface area contributed by atoms with Crippen molar-refractivity contribution in [1.82, 2.24) is 20.1 Å². The van der Waals surface area contributed by atoms with Crippen LogP contribution in [0.5, 0.6) is 0 Å². The van der Waals surface area contributed by atoms with Crippen LogP contribution in [-0.4, -0.2) is 41.9 Å². The minimum atomic E-state index is 0.458. The molecule has 0 spiro atoms. The van der Waals surface area contributed by atoms with E-state index in [9.17, 15) is 0 Å². The van der Waals surface area contributed by atoms with Crippen molar-refractivity contribution in [2.24, 2.45) is 0 Å². The van der Waals surface area contributed by atoms with Gasteiger partial charge in [-0.1, -0.05) is 0 Å². The fraction of sp³-hybridized carbons (Fsp3) is 0.467. The highest BCUT2D eigenvalue weighted by Crippen LogP contribution is 2.24. The molecule has 1 aliphatic heterocycles. The van der Waals surface area contributed by atoms with Crippen LogP contribution in [0.15, 0.2) is 30.6 Å². The lowest BCUT2D eigenvalue weighted by Crippen LogP contribution is -2.29. The summed E-state index contributed by atoms with van der Waals surface area (Å²) < 4.78 is 2.11. The van der Waals surface area contributed by atoms with Crippen LogP contribution in [0.2, 0.25) is 0 Å². The maximum atomic E-state index is 4.34. The summed E-state index contributed by atoms with van der Waals surface area (Å²) >= 11 is 0. The van der Waals surface area contributed by atoms with Gasteiger partial charge in [0.05, 0.1) is 0 Å². The minimum absolute atomic E-state index is 0.458. The monoisotopic (exact) mass is 271 g/mol. The second-order valence-corrected chi connectivity index (χ2v) is 5.51. The molecule has 106 valence electrons. The fourth-order valence-electron chi connectivity index (χ4n) is 2.70. The Morgan fingerprint density at radius 3 is 2.70 bits per heavy atom. The van der Waals surface area contributed by atoms with Crippen molar-refractivity contribution in [1.29, 1.82) is 0 Å². The second-order valence-electron chi connectivity index (χ2n) is 5.51. The highest BCUT2D eigenvalue weighted by Gasteiger charge is 2.21. The third kappa shape index (κ3) is 2.54. The zero-order valence-corrected chi connectivity index (χ0v) is 12.1. The van der Waals surface area contributed by atoms with Crippen molar-refractivity contribution in [3.8, 4) is 5.69 Å². The van der Waals surface area contributed by atoms with Crippen LogP contribution in [0.3, 0.4) is 0 Å². The first kappa shape index (κ1) is 13.1. The number of benzene rings is 1. The van der Waals surface area contributed by atoms with Crippen LogP contribution < -0.4 is 10.2 Å². The fourth-order valence-corrected chi connectivity index (χ4v) is 2.70. The van der Waals surface area contributed by atoms with Crippen LogP contribution in [0.1, 0.15) is 24.6 Å². The molecule has 5 nitrogen and oxygen atoms in total. The smallest absolute Gasteiger partial charge is 0.141 e. The summed E-state index contributed by atoms with van der Waals surface area (Å²) in [6, 6.07) is 8.49. The number of aromatic nitrogens is 3. The van der Waals surface area contributed by atoms with E-state index in [4.69, 9.17) is 0 Å². The van der Waals surface area contributed by atoms with E-state index >= 15 is 0 Å². The number of hydrogen-bond donors (Lipinski definition) is 1. The van der Waals surface area contributed by atoms with Gasteiger partial charge in [0.25, 0.3) is 0 Å². The van der Waals surface area contributed by atoms with Crippen LogP contribution in [0, 0.1) is 0 Å². The molecule has 1 aromatic heterocycles. The predicted octanol–water partition coefficient (Wildman–Crippen LogP) is 1.80. The molecule has 1 saturated heterocycles. The van der Waals surface area contributed by atoms with E-state index in [1.54, 1.807) is 0 Å². The summed E-state index contributed by atoms with van der Waals surface area (Å²) in [5, 5.41) is 11.9. The molecule has 5 heteroatoms. The Morgan fingerprint density at radius 2 is 2.05 bits per heavy atom. The van der Waals surface area contributed by atoms with Gasteiger partial charge in [0.2, 0.25) is 0 Å². The van der Waals surface area contributed by atoms with Gasteiger partial charge in [-0.25, -0.2) is 0 Å². The third-order valence-electron chi connectivity index (χ3n) is 3.88. The van der Waals surface area contributed by atoms with Crippen molar-refractivity contribution < 1.29 is 0 Å². The number of rotatable bonds is 3. The molecule has 1 unspecified atom stereocenters. The van der Waals surface area contributed by atoms with E-state index in [0.29, 0.717) is 5.92 Å². The lowest BCUT2D eigenvalue weighted by molar-refractivity contribution is 0.442. The van der Waals surface area contributed by atoms with E-state index in [2.05, 4.69) is 49.2 Å². The van der Waals surface area contributed by atoms with E-state index in [1.165, 1.54) is 18.5 Å². The summed E-state index contributed by atoms with van der Waals surface area (Å²) in [7, 11) is 4.10. The summed E-state index contributed by atoms with van der Waals surface area (Å²) in [6.45, 7) is 2.11. The minimum Gasteiger partial charge on any atom is -0.378 e. The van der Waals surface area contributed by atoms with Gasteiger partial charge < -0.3 is 10.2 Å². The maximum absolute atomic E-state index is 4.34. The molecule has 1 fully saturated rings. The Balaban J connectivity index is 1.88. The topological polar surface area (TPSA) is 46.0 Å². The summed E-state index contributed by atoms with van der Waals surface area (Å²) in [5.74, 6) is 1.52. The molecule has 1 aromatic carbocycles. The highest BCUT2D eigenvalue weighted by atomic mass is 15.3. The first-order valence-electron chi connectivity index (χ1n) is 7.14. The van der Waals surface area contributed by atoms with Crippen LogP contribution in [0.4, 0.5) is 5.69 Å². The largest absolute Gasteiger partial charge is 0.378 e. The second kappa shape index (κ2) is 5.63. The third-order valence-corrected chi connectivity index (χ3v) is 3.88. The van der Waals surface area contributed by atoms with Crippen LogP contribution in [0.25, 0.3) is 5.69 Å². The number of piperidine rings is 1. The van der Waals surface area contributed by atoms with Crippen molar-refractivity contribution in [3.63, 3.8) is 0 Å². The number of nitrogens with zero attached hydrogens (tertiary/aromatic N) is 4. The van der Waals surface area contributed by atoms with Crippen molar-refractivity contribution in [2.75, 3.05) is 32.1 Å². The molecule has 2 aromatic rings. The molecule has 1 atom stereocenters. The molecule has 0 amide bonds. The normalized spacial score (nSPS) is 19.0. The van der Waals surface area contributed by atoms with Crippen LogP contribution in [-0.2, 0) is 0 Å². The molecule has 0 radical (unpaired) electrons. The van der Waals surface area contributed by atoms with E-state index < -0.39 is 0 Å². The van der Waals surface area contributed by atoms with Gasteiger partial charge >= 0.3 is 0 Å². The average molecular weight is 271 g/mol. The Morgan fingerprint density at radius 1 is 1.25 bits per heavy atom. The maximum Gasteiger partial charge on any atom is 0.141 e. The van der Waals surface area contributed by atoms with Crippen molar-refractivity contribution >= 4 is 5.69 Å². The van der Waals surface area contributed by atoms with Crippen LogP contribution >= 0.6 is 0 Å². The Bertz CT molecular complexity index is 552. The zero-order valence-electron chi connectivity index (χ0n) is 12.1. The van der Waals surface area contributed by atoms with E-state index in [0.717, 1.165) is 24.6 Å². The summed E-state index contributed by atoms with van der Waals surface area (Å²) in [5.41, 5.74) is 2.32. The first-order chi connectivity index (χ1) is 9.75. The van der Waals surface area contributed by atoms with Crippen molar-refractivity contribution in [2.45, 2.75) is 18.8 Å². The SMILES string of the molecule is CN(C)c1ccc(-n2cnnc2C2CCCNC2)cc1. The lowest BCUT2D eigenvalue weighted by Gasteiger charge is -2.22. The predicted molar refractivity (Wildman–Crippen MR) is 80.5 cm³/mol. The molecule has 0 saturated carbocycles. The van der Waals surface area contributed by atoms with E-state index in [-0.39, 0.29) is 0 Å². The quantitative estimate of drug-likeness (QED) is 0.924. The van der Waals surface area contributed by atoms with Gasteiger partial charge in [0, 0.05) is 37.9 Å². The van der Waals surface area contributed by atoms with Crippen molar-refractivity contribution in [3.05, 3.63) is 36.4 Å². The molecular weight excluding hydrogens is 250 g/mol. The number of nitrogens with one attached hydrogen (secondary N) is 1. The molecular formula is C15H21N5. The molecule has 1 aliphatic rings. The molecule has 0 bridgehead atoms. The number of hydrogen-bond acceptors (Lipinski definition) is 4. The highest BCUT2D eigenvalue weighted by molar-refractivity contribution is 5.50. The Hall–Kier alpha value is -1.88. The molecule has 2 heterocycles. The van der Waals surface area contributed by atoms with Gasteiger partial charge in [0.1, 0.15) is 12.2 Å². The lowest BCUT2D eigenvalue weighted by atomic mass is 9.99. The Kier molecular flexibility index (Phi) is 3.69. The summed E-state index contributed by atoms with van der Waals surface area (Å²) in [4.78, 5) is 2.10. The molecule has 0 aliphatic carbocycles. The zero-order chi connectivity index (χ0) is 13.9. The molecule has 20 heavy (non-hydrogen) atoms. The first-order valence-corrected chi connectivity index (χ1v) is 7.14. The van der Waals surface area contributed by atoms with Gasteiger partial charge in [-0.3, -0.25) is 4.57 Å².